The Kier molecular flexibility index (Phi) is 4.47. The third kappa shape index (κ3) is 3.75. The number of hydrogen-bond acceptors (Lipinski definition) is 3. The second-order valence-corrected chi connectivity index (χ2v) is 4.78. The SMILES string of the molecule is CC(Cc1ccccc1)Nc1cc(F)cc(F)c1[N+](=O)[O-]. The van der Waals surface area contributed by atoms with E-state index in [4.69, 9.17) is 0 Å². The Labute approximate surface area is 120 Å². The molecule has 1 N–H and O–H groups in total. The van der Waals surface area contributed by atoms with Gasteiger partial charge < -0.3 is 5.32 Å². The van der Waals surface area contributed by atoms with E-state index in [1.807, 2.05) is 30.3 Å². The molecule has 0 saturated heterocycles. The topological polar surface area (TPSA) is 55.2 Å². The molecular formula is C15H14F2N2O2. The maximum atomic E-state index is 13.5. The summed E-state index contributed by atoms with van der Waals surface area (Å²) in [5, 5.41) is 13.7. The molecule has 0 aliphatic heterocycles. The molecule has 0 fully saturated rings. The summed E-state index contributed by atoms with van der Waals surface area (Å²) in [6.07, 6.45) is 0.579. The number of anilines is 1. The molecule has 6 heteroatoms. The number of halogens is 2. The van der Waals surface area contributed by atoms with Gasteiger partial charge in [0.2, 0.25) is 5.82 Å². The van der Waals surface area contributed by atoms with Crippen LogP contribution in [0.25, 0.3) is 0 Å². The Morgan fingerprint density at radius 1 is 1.24 bits per heavy atom. The Hall–Kier alpha value is -2.50. The van der Waals surface area contributed by atoms with Crippen LogP contribution in [0.3, 0.4) is 0 Å². The van der Waals surface area contributed by atoms with E-state index in [-0.39, 0.29) is 11.7 Å². The second-order valence-electron chi connectivity index (χ2n) is 4.78. The molecule has 0 radical (unpaired) electrons. The van der Waals surface area contributed by atoms with Crippen LogP contribution in [0.5, 0.6) is 0 Å². The second kappa shape index (κ2) is 6.30. The summed E-state index contributed by atoms with van der Waals surface area (Å²) in [5.74, 6) is -2.04. The van der Waals surface area contributed by atoms with Crippen molar-refractivity contribution < 1.29 is 13.7 Å². The van der Waals surface area contributed by atoms with Gasteiger partial charge in [0.25, 0.3) is 0 Å². The number of nitro benzene ring substituents is 1. The van der Waals surface area contributed by atoms with Gasteiger partial charge in [-0.2, -0.15) is 4.39 Å². The van der Waals surface area contributed by atoms with E-state index in [0.717, 1.165) is 11.6 Å². The Morgan fingerprint density at radius 3 is 2.52 bits per heavy atom. The maximum absolute atomic E-state index is 13.5. The third-order valence-electron chi connectivity index (χ3n) is 3.00. The molecule has 2 rings (SSSR count). The summed E-state index contributed by atoms with van der Waals surface area (Å²) in [6, 6.07) is 10.7. The normalized spacial score (nSPS) is 12.0. The molecule has 2 aromatic rings. The van der Waals surface area contributed by atoms with Crippen LogP contribution in [0.2, 0.25) is 0 Å². The molecule has 1 atom stereocenters. The molecule has 2 aromatic carbocycles. The van der Waals surface area contributed by atoms with Crippen LogP contribution in [0.1, 0.15) is 12.5 Å². The highest BCUT2D eigenvalue weighted by Gasteiger charge is 2.23. The highest BCUT2D eigenvalue weighted by Crippen LogP contribution is 2.29. The maximum Gasteiger partial charge on any atom is 0.327 e. The molecular weight excluding hydrogens is 278 g/mol. The quantitative estimate of drug-likeness (QED) is 0.671. The number of nitrogens with zero attached hydrogens (tertiary/aromatic N) is 1. The first-order chi connectivity index (χ1) is 9.97. The lowest BCUT2D eigenvalue weighted by Crippen LogP contribution is -2.19. The highest BCUT2D eigenvalue weighted by atomic mass is 19.1. The number of hydrogen-bond donors (Lipinski definition) is 1. The number of rotatable bonds is 5. The van der Waals surface area contributed by atoms with Gasteiger partial charge in [-0.15, -0.1) is 0 Å². The van der Waals surface area contributed by atoms with Crippen LogP contribution < -0.4 is 5.32 Å². The van der Waals surface area contributed by atoms with Crippen molar-refractivity contribution in [2.75, 3.05) is 5.32 Å². The van der Waals surface area contributed by atoms with Crippen molar-refractivity contribution in [3.8, 4) is 0 Å². The fourth-order valence-electron chi connectivity index (χ4n) is 2.15. The lowest BCUT2D eigenvalue weighted by Gasteiger charge is -2.15. The van der Waals surface area contributed by atoms with Gasteiger partial charge in [-0.05, 0) is 18.9 Å². The van der Waals surface area contributed by atoms with Crippen molar-refractivity contribution in [2.24, 2.45) is 0 Å². The molecule has 0 bridgehead atoms. The van der Waals surface area contributed by atoms with Crippen molar-refractivity contribution in [3.05, 3.63) is 69.8 Å². The van der Waals surface area contributed by atoms with E-state index in [0.29, 0.717) is 12.5 Å². The van der Waals surface area contributed by atoms with Crippen LogP contribution in [0.15, 0.2) is 42.5 Å². The largest absolute Gasteiger partial charge is 0.377 e. The van der Waals surface area contributed by atoms with E-state index in [2.05, 4.69) is 5.32 Å². The monoisotopic (exact) mass is 292 g/mol. The molecule has 0 aromatic heterocycles. The van der Waals surface area contributed by atoms with E-state index in [9.17, 15) is 18.9 Å². The van der Waals surface area contributed by atoms with Crippen LogP contribution in [0, 0.1) is 21.7 Å². The van der Waals surface area contributed by atoms with E-state index < -0.39 is 22.2 Å². The lowest BCUT2D eigenvalue weighted by atomic mass is 10.1. The molecule has 0 spiro atoms. The molecule has 21 heavy (non-hydrogen) atoms. The smallest absolute Gasteiger partial charge is 0.327 e. The molecule has 4 nitrogen and oxygen atoms in total. The van der Waals surface area contributed by atoms with E-state index >= 15 is 0 Å². The zero-order valence-corrected chi connectivity index (χ0v) is 11.3. The Balaban J connectivity index is 2.20. The van der Waals surface area contributed by atoms with Gasteiger partial charge in [0.05, 0.1) is 4.92 Å². The molecule has 0 aliphatic carbocycles. The average molecular weight is 292 g/mol. The van der Waals surface area contributed by atoms with Crippen molar-refractivity contribution in [2.45, 2.75) is 19.4 Å². The molecule has 0 amide bonds. The van der Waals surface area contributed by atoms with Gasteiger partial charge in [-0.25, -0.2) is 4.39 Å². The predicted molar refractivity (Wildman–Crippen MR) is 76.2 cm³/mol. The summed E-state index contributed by atoms with van der Waals surface area (Å²) in [6.45, 7) is 1.79. The highest BCUT2D eigenvalue weighted by molar-refractivity contribution is 5.62. The van der Waals surface area contributed by atoms with Gasteiger partial charge in [0.15, 0.2) is 0 Å². The summed E-state index contributed by atoms with van der Waals surface area (Å²) < 4.78 is 26.8. The van der Waals surface area contributed by atoms with E-state index in [1.54, 1.807) is 6.92 Å². The number of nitrogens with one attached hydrogen (secondary N) is 1. The van der Waals surface area contributed by atoms with Crippen molar-refractivity contribution in [1.82, 2.24) is 0 Å². The zero-order chi connectivity index (χ0) is 15.4. The predicted octanol–water partition coefficient (Wildman–Crippen LogP) is 3.92. The summed E-state index contributed by atoms with van der Waals surface area (Å²) >= 11 is 0. The Bertz CT molecular complexity index is 648. The minimum atomic E-state index is -1.19. The van der Waals surface area contributed by atoms with E-state index in [1.165, 1.54) is 0 Å². The van der Waals surface area contributed by atoms with Gasteiger partial charge in [-0.1, -0.05) is 30.3 Å². The standard InChI is InChI=1S/C15H14F2N2O2/c1-10(7-11-5-3-2-4-6-11)18-14-9-12(16)8-13(17)15(14)19(20)21/h2-6,8-10,18H,7H2,1H3. The number of benzene rings is 2. The van der Waals surface area contributed by atoms with Gasteiger partial charge in [0, 0.05) is 18.2 Å². The van der Waals surface area contributed by atoms with Gasteiger partial charge in [0.1, 0.15) is 11.5 Å². The third-order valence-corrected chi connectivity index (χ3v) is 3.00. The van der Waals surface area contributed by atoms with Crippen LogP contribution in [-0.4, -0.2) is 11.0 Å². The molecule has 0 saturated carbocycles. The van der Waals surface area contributed by atoms with Crippen molar-refractivity contribution in [1.29, 1.82) is 0 Å². The molecule has 0 heterocycles. The molecule has 110 valence electrons. The van der Waals surface area contributed by atoms with Gasteiger partial charge in [-0.3, -0.25) is 10.1 Å². The zero-order valence-electron chi connectivity index (χ0n) is 11.3. The Morgan fingerprint density at radius 2 is 1.90 bits per heavy atom. The average Bonchev–Trinajstić information content (AvgIpc) is 2.38. The van der Waals surface area contributed by atoms with Crippen LogP contribution in [-0.2, 0) is 6.42 Å². The van der Waals surface area contributed by atoms with Gasteiger partial charge >= 0.3 is 5.69 Å². The van der Waals surface area contributed by atoms with Crippen molar-refractivity contribution >= 4 is 11.4 Å². The lowest BCUT2D eigenvalue weighted by molar-refractivity contribution is -0.386. The first-order valence-electron chi connectivity index (χ1n) is 6.41. The molecule has 0 aliphatic rings. The van der Waals surface area contributed by atoms with Crippen molar-refractivity contribution in [3.63, 3.8) is 0 Å². The fourth-order valence-corrected chi connectivity index (χ4v) is 2.15. The number of nitro groups is 1. The first kappa shape index (κ1) is 14.9. The molecule has 1 unspecified atom stereocenters. The first-order valence-corrected chi connectivity index (χ1v) is 6.41. The summed E-state index contributed by atoms with van der Waals surface area (Å²) in [7, 11) is 0. The van der Waals surface area contributed by atoms with Crippen LogP contribution >= 0.6 is 0 Å². The summed E-state index contributed by atoms with van der Waals surface area (Å²) in [4.78, 5) is 10.0. The minimum Gasteiger partial charge on any atom is -0.377 e. The van der Waals surface area contributed by atoms with Crippen LogP contribution in [0.4, 0.5) is 20.2 Å². The summed E-state index contributed by atoms with van der Waals surface area (Å²) in [5.41, 5.74) is 0.134. The minimum absolute atomic E-state index is 0.152. The fraction of sp³-hybridized carbons (Fsp3) is 0.200.